The predicted octanol–water partition coefficient (Wildman–Crippen LogP) is 3.13. The lowest BCUT2D eigenvalue weighted by atomic mass is 10.1. The van der Waals surface area contributed by atoms with Gasteiger partial charge < -0.3 is 9.84 Å². The van der Waals surface area contributed by atoms with Crippen molar-refractivity contribution in [1.82, 2.24) is 0 Å². The molecule has 1 N–H and O–H groups in total. The molecular formula is C15H16O3. The maximum absolute atomic E-state index is 11.2. The Balaban J connectivity index is 2.19. The second kappa shape index (κ2) is 5.54. The highest BCUT2D eigenvalue weighted by Crippen LogP contribution is 2.30. The van der Waals surface area contributed by atoms with Gasteiger partial charge in [-0.2, -0.15) is 0 Å². The Morgan fingerprint density at radius 3 is 2.50 bits per heavy atom. The minimum absolute atomic E-state index is 0.301. The van der Waals surface area contributed by atoms with Crippen LogP contribution in [0, 0.1) is 5.92 Å². The van der Waals surface area contributed by atoms with Gasteiger partial charge in [-0.25, -0.2) is 4.79 Å². The molecule has 0 saturated heterocycles. The van der Waals surface area contributed by atoms with Crippen LogP contribution in [0.2, 0.25) is 0 Å². The summed E-state index contributed by atoms with van der Waals surface area (Å²) < 4.78 is 5.05. The summed E-state index contributed by atoms with van der Waals surface area (Å²) in [5.74, 6) is 0.449. The van der Waals surface area contributed by atoms with E-state index in [1.807, 2.05) is 6.08 Å². The molecule has 1 saturated carbocycles. The van der Waals surface area contributed by atoms with Crippen LogP contribution in [0.25, 0.3) is 5.57 Å². The molecule has 94 valence electrons. The molecular weight excluding hydrogens is 228 g/mol. The first-order valence-electron chi connectivity index (χ1n) is 5.97. The number of rotatable bonds is 5. The topological polar surface area (TPSA) is 46.5 Å². The van der Waals surface area contributed by atoms with Crippen LogP contribution < -0.4 is 4.74 Å². The quantitative estimate of drug-likeness (QED) is 0.639. The van der Waals surface area contributed by atoms with E-state index in [2.05, 4.69) is 6.08 Å². The number of carboxylic acid groups (broad SMARTS) is 1. The number of carboxylic acids is 1. The number of hydrogen-bond donors (Lipinski definition) is 1. The fourth-order valence-electron chi connectivity index (χ4n) is 1.66. The number of allylic oxidation sites excluding steroid dienone is 3. The first-order chi connectivity index (χ1) is 8.70. The summed E-state index contributed by atoms with van der Waals surface area (Å²) in [6.45, 7) is 0. The molecule has 0 amide bonds. The van der Waals surface area contributed by atoms with Gasteiger partial charge in [0, 0.05) is 0 Å². The van der Waals surface area contributed by atoms with Crippen LogP contribution in [0.4, 0.5) is 0 Å². The first-order valence-corrected chi connectivity index (χ1v) is 5.97. The van der Waals surface area contributed by atoms with Crippen molar-refractivity contribution in [2.45, 2.75) is 12.8 Å². The van der Waals surface area contributed by atoms with E-state index < -0.39 is 5.97 Å². The van der Waals surface area contributed by atoms with Crippen LogP contribution in [-0.2, 0) is 4.79 Å². The number of hydrogen-bond acceptors (Lipinski definition) is 2. The van der Waals surface area contributed by atoms with Crippen molar-refractivity contribution in [3.05, 3.63) is 48.1 Å². The lowest BCUT2D eigenvalue weighted by Gasteiger charge is -2.03. The molecule has 0 heterocycles. The summed E-state index contributed by atoms with van der Waals surface area (Å²) in [6.07, 6.45) is 7.99. The number of ether oxygens (including phenoxy) is 1. The van der Waals surface area contributed by atoms with Crippen molar-refractivity contribution >= 4 is 11.5 Å². The van der Waals surface area contributed by atoms with Gasteiger partial charge in [0.25, 0.3) is 0 Å². The van der Waals surface area contributed by atoms with Crippen LogP contribution in [-0.4, -0.2) is 18.2 Å². The molecule has 18 heavy (non-hydrogen) atoms. The SMILES string of the molecule is COc1ccc(C(=CC=CC2CC2)C(=O)O)cc1. The molecule has 1 fully saturated rings. The fourth-order valence-corrected chi connectivity index (χ4v) is 1.66. The molecule has 1 aromatic rings. The third-order valence-electron chi connectivity index (χ3n) is 2.90. The highest BCUT2D eigenvalue weighted by Gasteiger charge is 2.17. The zero-order chi connectivity index (χ0) is 13.0. The Morgan fingerprint density at radius 1 is 1.33 bits per heavy atom. The summed E-state index contributed by atoms with van der Waals surface area (Å²) in [6, 6.07) is 7.03. The molecule has 3 nitrogen and oxygen atoms in total. The summed E-state index contributed by atoms with van der Waals surface area (Å²) in [5, 5.41) is 9.20. The number of carbonyl (C=O) groups is 1. The van der Waals surface area contributed by atoms with Gasteiger partial charge in [0.05, 0.1) is 12.7 Å². The maximum atomic E-state index is 11.2. The molecule has 1 aliphatic carbocycles. The summed E-state index contributed by atoms with van der Waals surface area (Å²) >= 11 is 0. The van der Waals surface area contributed by atoms with E-state index in [9.17, 15) is 9.90 Å². The van der Waals surface area contributed by atoms with E-state index in [0.717, 1.165) is 5.75 Å². The zero-order valence-corrected chi connectivity index (χ0v) is 10.3. The Hall–Kier alpha value is -2.03. The molecule has 2 rings (SSSR count). The molecule has 1 aliphatic rings. The van der Waals surface area contributed by atoms with Gasteiger partial charge >= 0.3 is 5.97 Å². The van der Waals surface area contributed by atoms with E-state index in [0.29, 0.717) is 17.1 Å². The molecule has 0 radical (unpaired) electrons. The molecule has 0 aliphatic heterocycles. The average molecular weight is 244 g/mol. The van der Waals surface area contributed by atoms with Gasteiger partial charge in [-0.15, -0.1) is 0 Å². The Morgan fingerprint density at radius 2 is 2.00 bits per heavy atom. The second-order valence-corrected chi connectivity index (χ2v) is 4.34. The normalized spacial score (nSPS) is 15.9. The molecule has 0 unspecified atom stereocenters. The van der Waals surface area contributed by atoms with Gasteiger partial charge in [0.1, 0.15) is 5.75 Å². The molecule has 1 aromatic carbocycles. The van der Waals surface area contributed by atoms with Gasteiger partial charge in [0.15, 0.2) is 0 Å². The van der Waals surface area contributed by atoms with Crippen molar-refractivity contribution in [2.24, 2.45) is 5.92 Å². The number of methoxy groups -OCH3 is 1. The fraction of sp³-hybridized carbons (Fsp3) is 0.267. The molecule has 0 atom stereocenters. The molecule has 0 aromatic heterocycles. The van der Waals surface area contributed by atoms with Crippen LogP contribution >= 0.6 is 0 Å². The summed E-state index contributed by atoms with van der Waals surface area (Å²) in [4.78, 5) is 11.2. The second-order valence-electron chi connectivity index (χ2n) is 4.34. The Bertz CT molecular complexity index is 479. The first kappa shape index (κ1) is 12.4. The van der Waals surface area contributed by atoms with Crippen LogP contribution in [0.15, 0.2) is 42.5 Å². The van der Waals surface area contributed by atoms with E-state index >= 15 is 0 Å². The van der Waals surface area contributed by atoms with Gasteiger partial charge in [-0.1, -0.05) is 24.3 Å². The molecule has 0 bridgehead atoms. The van der Waals surface area contributed by atoms with Crippen molar-refractivity contribution in [3.63, 3.8) is 0 Å². The van der Waals surface area contributed by atoms with Gasteiger partial charge in [-0.05, 0) is 42.5 Å². The van der Waals surface area contributed by atoms with Crippen LogP contribution in [0.1, 0.15) is 18.4 Å². The van der Waals surface area contributed by atoms with E-state index in [4.69, 9.17) is 4.74 Å². The summed E-state index contributed by atoms with van der Waals surface area (Å²) in [5.41, 5.74) is 0.985. The smallest absolute Gasteiger partial charge is 0.336 e. The maximum Gasteiger partial charge on any atom is 0.336 e. The summed E-state index contributed by atoms with van der Waals surface area (Å²) in [7, 11) is 1.58. The van der Waals surface area contributed by atoms with Gasteiger partial charge in [-0.3, -0.25) is 0 Å². The largest absolute Gasteiger partial charge is 0.497 e. The standard InChI is InChI=1S/C15H16O3/c1-18-13-9-7-12(8-10-13)14(15(16)17)4-2-3-11-5-6-11/h2-4,7-11H,5-6H2,1H3,(H,16,17). The number of aliphatic carboxylic acids is 1. The third kappa shape index (κ3) is 3.23. The average Bonchev–Trinajstić information content (AvgIpc) is 3.18. The van der Waals surface area contributed by atoms with Crippen molar-refractivity contribution in [2.75, 3.05) is 7.11 Å². The van der Waals surface area contributed by atoms with E-state index in [1.165, 1.54) is 12.8 Å². The Kier molecular flexibility index (Phi) is 3.82. The number of benzene rings is 1. The molecule has 0 spiro atoms. The van der Waals surface area contributed by atoms with E-state index in [1.54, 1.807) is 37.5 Å². The zero-order valence-electron chi connectivity index (χ0n) is 10.3. The predicted molar refractivity (Wildman–Crippen MR) is 70.5 cm³/mol. The van der Waals surface area contributed by atoms with Crippen molar-refractivity contribution in [1.29, 1.82) is 0 Å². The van der Waals surface area contributed by atoms with Crippen LogP contribution in [0.3, 0.4) is 0 Å². The Labute approximate surface area is 106 Å². The minimum Gasteiger partial charge on any atom is -0.497 e. The highest BCUT2D eigenvalue weighted by molar-refractivity contribution is 6.15. The highest BCUT2D eigenvalue weighted by atomic mass is 16.5. The van der Waals surface area contributed by atoms with Crippen molar-refractivity contribution < 1.29 is 14.6 Å². The monoisotopic (exact) mass is 244 g/mol. The van der Waals surface area contributed by atoms with Gasteiger partial charge in [0.2, 0.25) is 0 Å². The van der Waals surface area contributed by atoms with E-state index in [-0.39, 0.29) is 0 Å². The lowest BCUT2D eigenvalue weighted by molar-refractivity contribution is -0.130. The molecule has 3 heteroatoms. The van der Waals surface area contributed by atoms with Crippen molar-refractivity contribution in [3.8, 4) is 5.75 Å². The van der Waals surface area contributed by atoms with Crippen LogP contribution in [0.5, 0.6) is 5.75 Å². The minimum atomic E-state index is -0.916. The lowest BCUT2D eigenvalue weighted by Crippen LogP contribution is -1.99. The third-order valence-corrected chi connectivity index (χ3v) is 2.90.